The summed E-state index contributed by atoms with van der Waals surface area (Å²) in [6, 6.07) is 7.76. The molecule has 0 spiro atoms. The third kappa shape index (κ3) is 2.12. The topological polar surface area (TPSA) is 26.0 Å². The molecule has 2 rings (SSSR count). The van der Waals surface area contributed by atoms with Crippen LogP contribution in [-0.4, -0.2) is 14.3 Å². The molecule has 0 aliphatic carbocycles. The molecule has 0 aliphatic heterocycles. The summed E-state index contributed by atoms with van der Waals surface area (Å²) >= 11 is 7.13. The number of thiocarbonyl (C=S) groups is 1. The van der Waals surface area contributed by atoms with E-state index in [1.54, 1.807) is 5.37 Å². The first-order valence-electron chi connectivity index (χ1n) is 4.23. The van der Waals surface area contributed by atoms with Crippen molar-refractivity contribution in [3.8, 4) is 0 Å². The van der Waals surface area contributed by atoms with Crippen molar-refractivity contribution >= 4 is 51.3 Å². The van der Waals surface area contributed by atoms with Gasteiger partial charge in [0.1, 0.15) is 5.52 Å². The number of fused-ring (bicyclic) bond motifs is 1. The summed E-state index contributed by atoms with van der Waals surface area (Å²) in [7, 11) is 0. The number of para-hydroxylation sites is 2. The summed E-state index contributed by atoms with van der Waals surface area (Å²) < 4.78 is 5.86. The second-order valence-corrected chi connectivity index (χ2v) is 4.80. The summed E-state index contributed by atoms with van der Waals surface area (Å²) in [4.78, 5) is 4.36. The Kier molecular flexibility index (Phi) is 3.12. The minimum Gasteiger partial charge on any atom is -0.441 e. The standard InChI is InChI=1S/C10H8INOS/c11-7(6-14)5-10-12-8-3-1-2-4-9(8)13-10/h1-4,6-7H,5H2. The van der Waals surface area contributed by atoms with Crippen LogP contribution < -0.4 is 0 Å². The Labute approximate surface area is 101 Å². The number of nitrogens with zero attached hydrogens (tertiary/aromatic N) is 1. The van der Waals surface area contributed by atoms with Crippen molar-refractivity contribution < 1.29 is 4.42 Å². The van der Waals surface area contributed by atoms with Crippen molar-refractivity contribution in [1.29, 1.82) is 0 Å². The minimum absolute atomic E-state index is 0.302. The highest BCUT2D eigenvalue weighted by Gasteiger charge is 2.08. The number of benzene rings is 1. The maximum atomic E-state index is 5.56. The molecule has 0 bridgehead atoms. The van der Waals surface area contributed by atoms with Crippen molar-refractivity contribution in [1.82, 2.24) is 4.98 Å². The van der Waals surface area contributed by atoms with Gasteiger partial charge in [-0.2, -0.15) is 0 Å². The van der Waals surface area contributed by atoms with E-state index in [2.05, 4.69) is 27.6 Å². The summed E-state index contributed by atoms with van der Waals surface area (Å²) in [5.41, 5.74) is 1.76. The van der Waals surface area contributed by atoms with Crippen molar-refractivity contribution in [3.05, 3.63) is 30.2 Å². The Morgan fingerprint density at radius 1 is 1.50 bits per heavy atom. The number of halogens is 1. The maximum Gasteiger partial charge on any atom is 0.196 e. The van der Waals surface area contributed by atoms with Crippen LogP contribution in [-0.2, 0) is 6.42 Å². The molecular weight excluding hydrogens is 309 g/mol. The lowest BCUT2D eigenvalue weighted by atomic mass is 10.3. The molecule has 0 saturated heterocycles. The van der Waals surface area contributed by atoms with Crippen molar-refractivity contribution in [2.24, 2.45) is 0 Å². The van der Waals surface area contributed by atoms with Gasteiger partial charge in [-0.3, -0.25) is 0 Å². The van der Waals surface area contributed by atoms with Crippen LogP contribution in [0.3, 0.4) is 0 Å². The number of hydrogen-bond acceptors (Lipinski definition) is 3. The van der Waals surface area contributed by atoms with Gasteiger partial charge in [-0.25, -0.2) is 4.98 Å². The Bertz CT molecular complexity index is 421. The molecular formula is C10H8INOS. The van der Waals surface area contributed by atoms with Crippen LogP contribution in [0.4, 0.5) is 0 Å². The fourth-order valence-electron chi connectivity index (χ4n) is 1.22. The molecule has 0 amide bonds. The van der Waals surface area contributed by atoms with Gasteiger partial charge in [0.05, 0.1) is 0 Å². The van der Waals surface area contributed by atoms with E-state index in [0.717, 1.165) is 23.4 Å². The summed E-state index contributed by atoms with van der Waals surface area (Å²) in [5.74, 6) is 0.756. The highest BCUT2D eigenvalue weighted by atomic mass is 127. The van der Waals surface area contributed by atoms with Gasteiger partial charge in [-0.1, -0.05) is 46.9 Å². The smallest absolute Gasteiger partial charge is 0.196 e. The first-order valence-corrected chi connectivity index (χ1v) is 5.95. The van der Waals surface area contributed by atoms with E-state index in [1.165, 1.54) is 0 Å². The predicted molar refractivity (Wildman–Crippen MR) is 69.2 cm³/mol. The van der Waals surface area contributed by atoms with Gasteiger partial charge in [0.25, 0.3) is 0 Å². The van der Waals surface area contributed by atoms with Gasteiger partial charge in [-0.15, -0.1) is 0 Å². The Balaban J connectivity index is 2.31. The van der Waals surface area contributed by atoms with E-state index in [4.69, 9.17) is 16.6 Å². The van der Waals surface area contributed by atoms with Crippen LogP contribution in [0.2, 0.25) is 0 Å². The largest absolute Gasteiger partial charge is 0.441 e. The lowest BCUT2D eigenvalue weighted by Crippen LogP contribution is -2.01. The second kappa shape index (κ2) is 4.35. The Hall–Kier alpha value is -0.490. The number of aromatic nitrogens is 1. The highest BCUT2D eigenvalue weighted by Crippen LogP contribution is 2.17. The molecule has 1 heterocycles. The molecule has 1 aromatic carbocycles. The summed E-state index contributed by atoms with van der Waals surface area (Å²) in [6.07, 6.45) is 0.763. The number of hydrogen-bond donors (Lipinski definition) is 0. The normalized spacial score (nSPS) is 12.9. The van der Waals surface area contributed by atoms with Crippen LogP contribution in [0.1, 0.15) is 5.89 Å². The van der Waals surface area contributed by atoms with E-state index in [1.807, 2.05) is 24.3 Å². The third-order valence-electron chi connectivity index (χ3n) is 1.86. The molecule has 4 heteroatoms. The quantitative estimate of drug-likeness (QED) is 0.494. The molecule has 1 unspecified atom stereocenters. The molecule has 1 atom stereocenters. The molecule has 2 nitrogen and oxygen atoms in total. The van der Waals surface area contributed by atoms with Crippen molar-refractivity contribution in [2.45, 2.75) is 10.3 Å². The maximum absolute atomic E-state index is 5.56. The van der Waals surface area contributed by atoms with Gasteiger partial charge in [0.2, 0.25) is 0 Å². The fourth-order valence-corrected chi connectivity index (χ4v) is 1.70. The Morgan fingerprint density at radius 3 is 3.00 bits per heavy atom. The van der Waals surface area contributed by atoms with Gasteiger partial charge >= 0.3 is 0 Å². The molecule has 0 radical (unpaired) electrons. The SMILES string of the molecule is S=CC(I)Cc1nc2ccccc2o1. The first-order chi connectivity index (χ1) is 6.79. The van der Waals surface area contributed by atoms with E-state index in [-0.39, 0.29) is 0 Å². The molecule has 0 fully saturated rings. The lowest BCUT2D eigenvalue weighted by molar-refractivity contribution is 0.537. The zero-order chi connectivity index (χ0) is 9.97. The highest BCUT2D eigenvalue weighted by molar-refractivity contribution is 14.1. The summed E-state index contributed by atoms with van der Waals surface area (Å²) in [5, 5.41) is 1.73. The van der Waals surface area contributed by atoms with Gasteiger partial charge in [-0.05, 0) is 17.5 Å². The average molecular weight is 317 g/mol. The van der Waals surface area contributed by atoms with Crippen LogP contribution in [0.25, 0.3) is 11.1 Å². The number of rotatable bonds is 3. The molecule has 0 aliphatic rings. The first kappa shape index (κ1) is 10.0. The van der Waals surface area contributed by atoms with E-state index < -0.39 is 0 Å². The molecule has 1 aromatic heterocycles. The van der Waals surface area contributed by atoms with Crippen LogP contribution in [0.15, 0.2) is 28.7 Å². The average Bonchev–Trinajstić information content (AvgIpc) is 2.59. The van der Waals surface area contributed by atoms with Gasteiger partial charge in [0.15, 0.2) is 11.5 Å². The lowest BCUT2D eigenvalue weighted by Gasteiger charge is -1.96. The fraction of sp³-hybridized carbons (Fsp3) is 0.200. The van der Waals surface area contributed by atoms with Crippen LogP contribution in [0.5, 0.6) is 0 Å². The molecule has 72 valence electrons. The number of alkyl halides is 1. The Morgan fingerprint density at radius 2 is 2.29 bits per heavy atom. The van der Waals surface area contributed by atoms with E-state index >= 15 is 0 Å². The van der Waals surface area contributed by atoms with Crippen molar-refractivity contribution in [2.75, 3.05) is 0 Å². The number of oxazole rings is 1. The molecule has 0 saturated carbocycles. The predicted octanol–water partition coefficient (Wildman–Crippen LogP) is 3.17. The molecule has 14 heavy (non-hydrogen) atoms. The molecule has 0 N–H and O–H groups in total. The van der Waals surface area contributed by atoms with E-state index in [0.29, 0.717) is 3.92 Å². The third-order valence-corrected chi connectivity index (χ3v) is 3.47. The second-order valence-electron chi connectivity index (χ2n) is 2.93. The van der Waals surface area contributed by atoms with Gasteiger partial charge in [0, 0.05) is 10.3 Å². The minimum atomic E-state index is 0.302. The zero-order valence-electron chi connectivity index (χ0n) is 7.31. The van der Waals surface area contributed by atoms with E-state index in [9.17, 15) is 0 Å². The van der Waals surface area contributed by atoms with Crippen LogP contribution >= 0.6 is 34.8 Å². The van der Waals surface area contributed by atoms with Crippen molar-refractivity contribution in [3.63, 3.8) is 0 Å². The van der Waals surface area contributed by atoms with Gasteiger partial charge < -0.3 is 4.42 Å². The molecule has 2 aromatic rings. The zero-order valence-corrected chi connectivity index (χ0v) is 10.3. The van der Waals surface area contributed by atoms with Crippen LogP contribution in [0, 0.1) is 0 Å². The summed E-state index contributed by atoms with van der Waals surface area (Å²) in [6.45, 7) is 0. The monoisotopic (exact) mass is 317 g/mol.